The van der Waals surface area contributed by atoms with Gasteiger partial charge >= 0.3 is 6.09 Å². The maximum Gasteiger partial charge on any atom is 0.408 e. The number of hydrogen-bond acceptors (Lipinski definition) is 5. The molecule has 0 bridgehead atoms. The van der Waals surface area contributed by atoms with E-state index in [2.05, 4.69) is 5.32 Å². The van der Waals surface area contributed by atoms with E-state index in [-0.39, 0.29) is 6.54 Å². The quantitative estimate of drug-likeness (QED) is 0.851. The Hall–Kier alpha value is -1.67. The molecule has 0 spiro atoms. The minimum Gasteiger partial charge on any atom is -0.444 e. The van der Waals surface area contributed by atoms with Crippen molar-refractivity contribution in [3.63, 3.8) is 0 Å². The smallest absolute Gasteiger partial charge is 0.408 e. The third-order valence-electron chi connectivity index (χ3n) is 4.00. The molecular weight excluding hydrogens is 335 g/mol. The molecule has 1 aromatic carbocycles. The second-order valence-corrected chi connectivity index (χ2v) is 9.32. The molecule has 0 radical (unpaired) electrons. The van der Waals surface area contributed by atoms with Crippen LogP contribution >= 0.6 is 0 Å². The first-order chi connectivity index (χ1) is 10.9. The summed E-state index contributed by atoms with van der Waals surface area (Å²) in [5.74, 6) is -1.10. The molecule has 6 nitrogen and oxygen atoms in total. The number of halogens is 1. The number of carbonyl (C=O) groups excluding carboxylic acids is 1. The molecule has 1 saturated carbocycles. The van der Waals surface area contributed by atoms with Crippen LogP contribution in [0.5, 0.6) is 0 Å². The Morgan fingerprint density at radius 2 is 2.04 bits per heavy atom. The number of ether oxygens (including phenoxy) is 1. The fourth-order valence-corrected chi connectivity index (χ4v) is 5.02. The molecule has 3 N–H and O–H groups in total. The molecule has 134 valence electrons. The predicted molar refractivity (Wildman–Crippen MR) is 88.9 cm³/mol. The molecule has 0 saturated heterocycles. The van der Waals surface area contributed by atoms with Crippen molar-refractivity contribution in [1.82, 2.24) is 5.32 Å². The van der Waals surface area contributed by atoms with Gasteiger partial charge in [-0.05, 0) is 38.5 Å². The lowest BCUT2D eigenvalue weighted by Gasteiger charge is -2.24. The number of amides is 1. The van der Waals surface area contributed by atoms with Gasteiger partial charge in [0.2, 0.25) is 0 Å². The summed E-state index contributed by atoms with van der Waals surface area (Å²) in [5.41, 5.74) is 4.35. The van der Waals surface area contributed by atoms with Gasteiger partial charge < -0.3 is 15.8 Å². The van der Waals surface area contributed by atoms with Crippen LogP contribution in [0.25, 0.3) is 0 Å². The maximum atomic E-state index is 13.5. The van der Waals surface area contributed by atoms with Crippen molar-refractivity contribution in [1.29, 1.82) is 0 Å². The number of rotatable bonds is 4. The molecule has 1 amide bonds. The van der Waals surface area contributed by atoms with Crippen LogP contribution in [0, 0.1) is 5.82 Å². The Balaban J connectivity index is 2.37. The summed E-state index contributed by atoms with van der Waals surface area (Å²) in [4.78, 5) is 12.1. The first-order valence-electron chi connectivity index (χ1n) is 7.56. The zero-order chi connectivity index (χ0) is 18.3. The third kappa shape index (κ3) is 3.70. The van der Waals surface area contributed by atoms with Gasteiger partial charge in [-0.3, -0.25) is 0 Å². The normalized spacial score (nSPS) is 26.8. The molecule has 3 atom stereocenters. The van der Waals surface area contributed by atoms with E-state index in [1.54, 1.807) is 26.8 Å². The van der Waals surface area contributed by atoms with E-state index in [9.17, 15) is 17.6 Å². The predicted octanol–water partition coefficient (Wildman–Crippen LogP) is 1.56. The van der Waals surface area contributed by atoms with Gasteiger partial charge in [0.05, 0.1) is 10.8 Å². The Morgan fingerprint density at radius 1 is 1.42 bits per heavy atom. The van der Waals surface area contributed by atoms with Crippen LogP contribution in [0.2, 0.25) is 0 Å². The van der Waals surface area contributed by atoms with E-state index in [4.69, 9.17) is 10.5 Å². The second kappa shape index (κ2) is 6.00. The third-order valence-corrected chi connectivity index (χ3v) is 5.61. The zero-order valence-corrected chi connectivity index (χ0v) is 15.0. The van der Waals surface area contributed by atoms with Gasteiger partial charge in [0.1, 0.15) is 11.4 Å². The molecule has 1 aliphatic carbocycles. The zero-order valence-electron chi connectivity index (χ0n) is 14.2. The number of carbonyl (C=O) groups is 1. The Bertz CT molecular complexity index is 745. The van der Waals surface area contributed by atoms with Crippen molar-refractivity contribution in [2.45, 2.75) is 43.1 Å². The van der Waals surface area contributed by atoms with Crippen LogP contribution in [-0.2, 0) is 14.6 Å². The van der Waals surface area contributed by atoms with E-state index in [1.165, 1.54) is 18.2 Å². The molecule has 1 aliphatic rings. The van der Waals surface area contributed by atoms with E-state index < -0.39 is 44.1 Å². The number of sulfone groups is 1. The van der Waals surface area contributed by atoms with Gasteiger partial charge in [-0.15, -0.1) is 0 Å². The summed E-state index contributed by atoms with van der Waals surface area (Å²) in [5, 5.41) is 1.68. The average molecular weight is 358 g/mol. The number of nitrogens with two attached hydrogens (primary N) is 1. The van der Waals surface area contributed by atoms with Crippen molar-refractivity contribution in [2.24, 2.45) is 5.73 Å². The topological polar surface area (TPSA) is 98.5 Å². The fraction of sp³-hybridized carbons (Fsp3) is 0.562. The average Bonchev–Trinajstić information content (AvgIpc) is 3.05. The summed E-state index contributed by atoms with van der Waals surface area (Å²) >= 11 is 0. The lowest BCUT2D eigenvalue weighted by molar-refractivity contribution is 0.0497. The van der Waals surface area contributed by atoms with Crippen molar-refractivity contribution < 1.29 is 22.3 Å². The van der Waals surface area contributed by atoms with E-state index in [1.807, 2.05) is 0 Å². The highest BCUT2D eigenvalue weighted by Gasteiger charge is 2.70. The van der Waals surface area contributed by atoms with Gasteiger partial charge in [-0.25, -0.2) is 17.6 Å². The second-order valence-electron chi connectivity index (χ2n) is 7.15. The van der Waals surface area contributed by atoms with Gasteiger partial charge in [-0.1, -0.05) is 12.1 Å². The van der Waals surface area contributed by atoms with Crippen LogP contribution in [0.1, 0.15) is 32.3 Å². The van der Waals surface area contributed by atoms with Crippen LogP contribution in [0.4, 0.5) is 9.18 Å². The lowest BCUT2D eigenvalue weighted by atomic mass is 10.1. The van der Waals surface area contributed by atoms with Crippen LogP contribution in [0.15, 0.2) is 24.3 Å². The Labute approximate surface area is 141 Å². The minimum absolute atomic E-state index is 0.106. The van der Waals surface area contributed by atoms with E-state index >= 15 is 0 Å². The summed E-state index contributed by atoms with van der Waals surface area (Å²) in [7, 11) is -3.52. The van der Waals surface area contributed by atoms with E-state index in [0.717, 1.165) is 6.26 Å². The molecule has 8 heteroatoms. The summed E-state index contributed by atoms with van der Waals surface area (Å²) < 4.78 is 43.1. The van der Waals surface area contributed by atoms with Crippen molar-refractivity contribution in [2.75, 3.05) is 12.8 Å². The minimum atomic E-state index is -3.52. The van der Waals surface area contributed by atoms with Gasteiger partial charge in [0.15, 0.2) is 9.84 Å². The molecule has 0 unspecified atom stereocenters. The van der Waals surface area contributed by atoms with Gasteiger partial charge in [0.25, 0.3) is 0 Å². The molecular formula is C16H23FN2O4S. The summed E-state index contributed by atoms with van der Waals surface area (Å²) in [6.07, 6.45) is 0.332. The number of nitrogens with one attached hydrogen (secondary N) is 1. The number of alkyl carbamates (subject to hydrolysis) is 1. The van der Waals surface area contributed by atoms with Crippen LogP contribution in [0.3, 0.4) is 0 Å². The molecule has 0 aromatic heterocycles. The van der Waals surface area contributed by atoms with Gasteiger partial charge in [-0.2, -0.15) is 0 Å². The molecule has 0 aliphatic heterocycles. The molecule has 24 heavy (non-hydrogen) atoms. The van der Waals surface area contributed by atoms with Crippen molar-refractivity contribution in [3.05, 3.63) is 35.6 Å². The highest BCUT2D eigenvalue weighted by Crippen LogP contribution is 2.55. The Kier molecular flexibility index (Phi) is 4.67. The van der Waals surface area contributed by atoms with Crippen LogP contribution in [-0.4, -0.2) is 43.7 Å². The molecule has 1 fully saturated rings. The number of hydrogen-bond donors (Lipinski definition) is 2. The largest absolute Gasteiger partial charge is 0.444 e. The maximum absolute atomic E-state index is 13.5. The summed E-state index contributed by atoms with van der Waals surface area (Å²) in [6.45, 7) is 5.00. The number of benzene rings is 1. The SMILES string of the molecule is CC(C)(C)OC(=O)N[C@@]1(CN)[C@H](c2cccc(F)c2)[C@@H]1S(C)(=O)=O. The highest BCUT2D eigenvalue weighted by atomic mass is 32.2. The van der Waals surface area contributed by atoms with Gasteiger partial charge in [0, 0.05) is 18.7 Å². The first kappa shape index (κ1) is 18.7. The standard InChI is InChI=1S/C16H23FN2O4S/c1-15(2,3)23-14(20)19-16(9-18)12(13(16)24(4,21)22)10-6-5-7-11(17)8-10/h5-8,12-13H,9,18H2,1-4H3,(H,19,20)/t12-,13+,16+/m1/s1. The molecule has 0 heterocycles. The van der Waals surface area contributed by atoms with Crippen molar-refractivity contribution in [3.8, 4) is 0 Å². The van der Waals surface area contributed by atoms with Crippen LogP contribution < -0.4 is 11.1 Å². The molecule has 1 aromatic rings. The molecule has 2 rings (SSSR count). The lowest BCUT2D eigenvalue weighted by Crippen LogP contribution is -2.48. The monoisotopic (exact) mass is 358 g/mol. The highest BCUT2D eigenvalue weighted by molar-refractivity contribution is 7.91. The summed E-state index contributed by atoms with van der Waals surface area (Å²) in [6, 6.07) is 5.65. The van der Waals surface area contributed by atoms with Crippen molar-refractivity contribution >= 4 is 15.9 Å². The fourth-order valence-electron chi connectivity index (χ4n) is 3.14. The first-order valence-corrected chi connectivity index (χ1v) is 9.52. The Morgan fingerprint density at radius 3 is 2.50 bits per heavy atom. The van der Waals surface area contributed by atoms with E-state index in [0.29, 0.717) is 5.56 Å².